The van der Waals surface area contributed by atoms with E-state index in [-0.39, 0.29) is 5.82 Å². The van der Waals surface area contributed by atoms with E-state index in [1.54, 1.807) is 0 Å². The van der Waals surface area contributed by atoms with E-state index >= 15 is 0 Å². The zero-order valence-electron chi connectivity index (χ0n) is 6.76. The Balaban J connectivity index is 2.60. The summed E-state index contributed by atoms with van der Waals surface area (Å²) < 4.78 is 13.2. The number of thioether (sulfide) groups is 1. The molecule has 13 heavy (non-hydrogen) atoms. The summed E-state index contributed by atoms with van der Waals surface area (Å²) in [5, 5.41) is 10.1. The van der Waals surface area contributed by atoms with Crippen molar-refractivity contribution in [1.29, 1.82) is 0 Å². The second kappa shape index (κ2) is 3.48. The maximum atomic E-state index is 13.2. The molecule has 0 saturated heterocycles. The molecule has 0 bridgehead atoms. The van der Waals surface area contributed by atoms with Gasteiger partial charge in [0.2, 0.25) is 0 Å². The minimum Gasteiger partial charge on any atom is -0.387 e. The van der Waals surface area contributed by atoms with Gasteiger partial charge in [-0.15, -0.1) is 0 Å². The van der Waals surface area contributed by atoms with Crippen molar-refractivity contribution in [3.05, 3.63) is 34.1 Å². The van der Waals surface area contributed by atoms with Crippen LogP contribution in [-0.2, 0) is 5.75 Å². The zero-order valence-corrected chi connectivity index (χ0v) is 8.33. The van der Waals surface area contributed by atoms with Crippen LogP contribution in [0, 0.1) is 5.82 Å². The molecule has 70 valence electrons. The van der Waals surface area contributed by atoms with Crippen LogP contribution in [0.25, 0.3) is 0 Å². The Hall–Kier alpha value is -0.250. The molecule has 1 N–H and O–H groups in total. The maximum Gasteiger partial charge on any atom is 0.127 e. The molecule has 0 fully saturated rings. The predicted octanol–water partition coefficient (Wildman–Crippen LogP) is 2.76. The van der Waals surface area contributed by atoms with Gasteiger partial charge in [-0.1, -0.05) is 11.6 Å². The zero-order chi connectivity index (χ0) is 9.42. The van der Waals surface area contributed by atoms with E-state index in [2.05, 4.69) is 0 Å². The fourth-order valence-corrected chi connectivity index (χ4v) is 2.78. The Morgan fingerprint density at radius 2 is 2.31 bits per heavy atom. The van der Waals surface area contributed by atoms with Crippen molar-refractivity contribution < 1.29 is 9.50 Å². The highest BCUT2D eigenvalue weighted by Gasteiger charge is 2.23. The van der Waals surface area contributed by atoms with Gasteiger partial charge >= 0.3 is 0 Å². The maximum absolute atomic E-state index is 13.2. The minimum absolute atomic E-state index is 0.273. The fraction of sp³-hybridized carbons (Fsp3) is 0.333. The highest BCUT2D eigenvalue weighted by molar-refractivity contribution is 7.98. The molecule has 0 unspecified atom stereocenters. The van der Waals surface area contributed by atoms with Crippen molar-refractivity contribution in [3.8, 4) is 0 Å². The molecular formula is C9H8ClFOS. The van der Waals surface area contributed by atoms with Crippen LogP contribution in [0.2, 0.25) is 5.02 Å². The minimum atomic E-state index is -0.628. The number of benzene rings is 1. The highest BCUT2D eigenvalue weighted by Crippen LogP contribution is 2.37. The van der Waals surface area contributed by atoms with E-state index < -0.39 is 6.10 Å². The molecule has 1 nitrogen and oxygen atoms in total. The first-order chi connectivity index (χ1) is 6.20. The third kappa shape index (κ3) is 1.56. The van der Waals surface area contributed by atoms with E-state index in [9.17, 15) is 9.50 Å². The molecule has 1 aliphatic heterocycles. The van der Waals surface area contributed by atoms with Crippen molar-refractivity contribution in [3.63, 3.8) is 0 Å². The van der Waals surface area contributed by atoms with E-state index in [1.807, 2.05) is 0 Å². The summed E-state index contributed by atoms with van der Waals surface area (Å²) in [7, 11) is 0. The molecule has 4 heteroatoms. The summed E-state index contributed by atoms with van der Waals surface area (Å²) in [6.45, 7) is 0. The summed E-state index contributed by atoms with van der Waals surface area (Å²) in [6.07, 6.45) is -0.628. The number of fused-ring (bicyclic) bond motifs is 1. The van der Waals surface area contributed by atoms with Gasteiger partial charge in [0.25, 0.3) is 0 Å². The van der Waals surface area contributed by atoms with Gasteiger partial charge in [-0.25, -0.2) is 4.39 Å². The average Bonchev–Trinajstić information content (AvgIpc) is 2.12. The molecule has 1 atom stereocenters. The lowest BCUT2D eigenvalue weighted by Gasteiger charge is -2.22. The van der Waals surface area contributed by atoms with Gasteiger partial charge in [-0.05, 0) is 12.1 Å². The highest BCUT2D eigenvalue weighted by atomic mass is 35.5. The average molecular weight is 219 g/mol. The van der Waals surface area contributed by atoms with E-state index in [0.717, 1.165) is 0 Å². The predicted molar refractivity (Wildman–Crippen MR) is 52.5 cm³/mol. The summed E-state index contributed by atoms with van der Waals surface area (Å²) in [5.41, 5.74) is 1.12. The molecule has 0 aliphatic carbocycles. The lowest BCUT2D eigenvalue weighted by molar-refractivity contribution is 0.201. The van der Waals surface area contributed by atoms with Crippen molar-refractivity contribution in [2.24, 2.45) is 0 Å². The molecule has 1 aromatic carbocycles. The molecular weight excluding hydrogens is 211 g/mol. The van der Waals surface area contributed by atoms with Crippen LogP contribution in [0.1, 0.15) is 17.2 Å². The van der Waals surface area contributed by atoms with Gasteiger partial charge in [0.15, 0.2) is 0 Å². The Labute approximate surface area is 84.9 Å². The van der Waals surface area contributed by atoms with Crippen LogP contribution in [0.4, 0.5) is 4.39 Å². The van der Waals surface area contributed by atoms with Crippen LogP contribution >= 0.6 is 23.4 Å². The fourth-order valence-electron chi connectivity index (χ4n) is 1.47. The molecule has 1 aromatic rings. The molecule has 0 aromatic heterocycles. The van der Waals surface area contributed by atoms with Gasteiger partial charge in [0.1, 0.15) is 5.82 Å². The van der Waals surface area contributed by atoms with Gasteiger partial charge in [-0.2, -0.15) is 11.8 Å². The largest absolute Gasteiger partial charge is 0.387 e. The first-order valence-electron chi connectivity index (χ1n) is 3.92. The molecule has 2 rings (SSSR count). The van der Waals surface area contributed by atoms with Crippen LogP contribution < -0.4 is 0 Å². The van der Waals surface area contributed by atoms with Gasteiger partial charge < -0.3 is 5.11 Å². The summed E-state index contributed by atoms with van der Waals surface area (Å²) >= 11 is 7.39. The topological polar surface area (TPSA) is 20.2 Å². The van der Waals surface area contributed by atoms with Crippen molar-refractivity contribution in [1.82, 2.24) is 0 Å². The second-order valence-corrected chi connectivity index (χ2v) is 4.39. The van der Waals surface area contributed by atoms with E-state index in [1.165, 1.54) is 23.9 Å². The molecule has 1 aliphatic rings. The number of hydrogen-bond donors (Lipinski definition) is 1. The van der Waals surface area contributed by atoms with Crippen LogP contribution in [0.3, 0.4) is 0 Å². The molecule has 1 heterocycles. The van der Waals surface area contributed by atoms with Crippen LogP contribution in [0.15, 0.2) is 12.1 Å². The van der Waals surface area contributed by atoms with Crippen molar-refractivity contribution in [2.45, 2.75) is 11.9 Å². The lowest BCUT2D eigenvalue weighted by Crippen LogP contribution is -2.12. The molecule has 0 radical (unpaired) electrons. The van der Waals surface area contributed by atoms with Gasteiger partial charge in [-0.3, -0.25) is 0 Å². The van der Waals surface area contributed by atoms with E-state index in [0.29, 0.717) is 27.7 Å². The first-order valence-corrected chi connectivity index (χ1v) is 5.46. The Morgan fingerprint density at radius 3 is 3.00 bits per heavy atom. The molecule has 0 spiro atoms. The second-order valence-electron chi connectivity index (χ2n) is 2.95. The number of rotatable bonds is 0. The van der Waals surface area contributed by atoms with E-state index in [4.69, 9.17) is 11.6 Å². The van der Waals surface area contributed by atoms with Crippen LogP contribution in [-0.4, -0.2) is 10.9 Å². The number of halogens is 2. The number of hydrogen-bond acceptors (Lipinski definition) is 2. The monoisotopic (exact) mass is 218 g/mol. The molecule has 0 amide bonds. The normalized spacial score (nSPS) is 21.3. The number of aliphatic hydroxyl groups excluding tert-OH is 1. The van der Waals surface area contributed by atoms with Gasteiger partial charge in [0, 0.05) is 27.7 Å². The van der Waals surface area contributed by atoms with Crippen molar-refractivity contribution in [2.75, 3.05) is 5.75 Å². The third-order valence-electron chi connectivity index (χ3n) is 2.10. The SMILES string of the molecule is O[C@H]1CSCc2c(F)ccc(Cl)c21. The standard InChI is InChI=1S/C9H8ClFOS/c10-6-1-2-7(11)5-3-13-4-8(12)9(5)6/h1-2,8,12H,3-4H2/t8-/m0/s1. The summed E-state index contributed by atoms with van der Waals surface area (Å²) in [6, 6.07) is 2.84. The number of aliphatic hydroxyl groups is 1. The van der Waals surface area contributed by atoms with Crippen LogP contribution in [0.5, 0.6) is 0 Å². The first kappa shape index (κ1) is 9.31. The Kier molecular flexibility index (Phi) is 2.49. The summed E-state index contributed by atoms with van der Waals surface area (Å²) in [5.74, 6) is 0.917. The smallest absolute Gasteiger partial charge is 0.127 e. The van der Waals surface area contributed by atoms with Crippen molar-refractivity contribution >= 4 is 23.4 Å². The third-order valence-corrected chi connectivity index (χ3v) is 3.48. The Morgan fingerprint density at radius 1 is 1.54 bits per heavy atom. The van der Waals surface area contributed by atoms with Gasteiger partial charge in [0.05, 0.1) is 6.10 Å². The quantitative estimate of drug-likeness (QED) is 0.723. The molecule has 0 saturated carbocycles. The lowest BCUT2D eigenvalue weighted by atomic mass is 10.0. The Bertz CT molecular complexity index is 343. The summed E-state index contributed by atoms with van der Waals surface area (Å²) in [4.78, 5) is 0.